The molecule has 23 nitrogen and oxygen atoms in total. The number of nitrogens with one attached hydrogen (secondary N) is 4. The molecule has 3 heterocycles. The Morgan fingerprint density at radius 3 is 1.83 bits per heavy atom. The van der Waals surface area contributed by atoms with Gasteiger partial charge in [0.05, 0.1) is 28.8 Å². The number of carbonyl (C=O) groups excluding carboxylic acids is 11. The summed E-state index contributed by atoms with van der Waals surface area (Å²) in [6.45, 7) is 16.0. The summed E-state index contributed by atoms with van der Waals surface area (Å²) >= 11 is 6.15. The number of halogens is 7. The first kappa shape index (κ1) is 82.4. The molecule has 4 N–H and O–H groups in total. The standard InChI is InChI=1S/C71H102ClF6N11O12/c1-15-41(7)58-62(94)79-44(10)63(95)88-32-29-52(88)66(98)87(17-3)55(36-46-21-25-47(26-22-46)70(73,74)75)65(97)83(11)39-56(90)80-51(28-24-45-23-27-49(50(72)35-45)71(76,77)78)64(96)89-38-48(101-18-4)37-54(89)61(93)82-69(30-19-20-31-69)68(100)86(14)59(42(8)16-2)67(99)84(12)43(9)34-57(91)85(13)53(33-40(5)6)60(92)81-58/h21-23,25-27,35,40-44,48,51-55,58-59H,15-20,24,28-34,36-39H2,1-14H3,(H,79,94)(H,80,90)(H,81,92)(H,82,93)/t41-,42-,43+,44-,48+,51-,52-,53-,54-,55-,58-,59-/m0/s1. The Balaban J connectivity index is 1.46. The lowest BCUT2D eigenvalue weighted by Gasteiger charge is -2.45. The van der Waals surface area contributed by atoms with Crippen molar-refractivity contribution in [2.24, 2.45) is 17.8 Å². The second-order valence-corrected chi connectivity index (χ2v) is 28.5. The number of aryl methyl sites for hydroxylation is 1. The topological polar surface area (TPSA) is 268 Å². The van der Waals surface area contributed by atoms with Gasteiger partial charge in [0.25, 0.3) is 0 Å². The average molecular weight is 1450 g/mol. The molecule has 101 heavy (non-hydrogen) atoms. The maximum atomic E-state index is 15.4. The van der Waals surface area contributed by atoms with Crippen LogP contribution in [0.4, 0.5) is 26.3 Å². The van der Waals surface area contributed by atoms with Crippen LogP contribution in [-0.4, -0.2) is 226 Å². The normalized spacial score (nSPS) is 26.7. The zero-order valence-electron chi connectivity index (χ0n) is 60.5. The van der Waals surface area contributed by atoms with Crippen LogP contribution >= 0.6 is 11.6 Å². The van der Waals surface area contributed by atoms with Crippen LogP contribution in [0.25, 0.3) is 0 Å². The largest absolute Gasteiger partial charge is 0.417 e. The molecule has 6 rings (SSSR count). The smallest absolute Gasteiger partial charge is 0.377 e. The molecule has 0 aromatic heterocycles. The Hall–Kier alpha value is -7.56. The highest BCUT2D eigenvalue weighted by molar-refractivity contribution is 6.31. The van der Waals surface area contributed by atoms with E-state index >= 15 is 24.0 Å². The molecule has 2 aromatic rings. The van der Waals surface area contributed by atoms with Gasteiger partial charge in [-0.2, -0.15) is 26.3 Å². The fraction of sp³-hybridized carbons (Fsp3) is 0.676. The number of carbonyl (C=O) groups is 11. The van der Waals surface area contributed by atoms with E-state index in [2.05, 4.69) is 21.3 Å². The minimum absolute atomic E-state index is 0.0206. The van der Waals surface area contributed by atoms with E-state index in [1.165, 1.54) is 66.5 Å². The average Bonchev–Trinajstić information content (AvgIpc) is 1.77. The molecule has 11 amide bonds. The zero-order chi connectivity index (χ0) is 75.5. The van der Waals surface area contributed by atoms with Crippen molar-refractivity contribution in [2.45, 2.75) is 231 Å². The Morgan fingerprint density at radius 1 is 0.663 bits per heavy atom. The van der Waals surface area contributed by atoms with Gasteiger partial charge in [0, 0.05) is 79.7 Å². The molecule has 1 saturated carbocycles. The van der Waals surface area contributed by atoms with Gasteiger partial charge in [-0.15, -0.1) is 0 Å². The van der Waals surface area contributed by atoms with Gasteiger partial charge < -0.3 is 60.3 Å². The molecular formula is C71H102ClF6N11O12. The summed E-state index contributed by atoms with van der Waals surface area (Å²) in [5.41, 5.74) is -3.36. The van der Waals surface area contributed by atoms with Crippen LogP contribution in [0.2, 0.25) is 5.02 Å². The van der Waals surface area contributed by atoms with E-state index in [1.54, 1.807) is 34.6 Å². The maximum Gasteiger partial charge on any atom is 0.417 e. The molecule has 2 aromatic carbocycles. The molecule has 3 aliphatic heterocycles. The predicted molar refractivity (Wildman–Crippen MR) is 364 cm³/mol. The summed E-state index contributed by atoms with van der Waals surface area (Å²) in [5.74, 6) is -9.22. The first-order chi connectivity index (χ1) is 47.2. The highest BCUT2D eigenvalue weighted by Crippen LogP contribution is 2.38. The van der Waals surface area contributed by atoms with E-state index in [0.717, 1.165) is 52.3 Å². The van der Waals surface area contributed by atoms with Crippen molar-refractivity contribution in [1.82, 2.24) is 55.6 Å². The highest BCUT2D eigenvalue weighted by atomic mass is 35.5. The van der Waals surface area contributed by atoms with Crippen molar-refractivity contribution in [3.8, 4) is 0 Å². The Labute approximate surface area is 593 Å². The summed E-state index contributed by atoms with van der Waals surface area (Å²) in [4.78, 5) is 172. The van der Waals surface area contributed by atoms with Gasteiger partial charge in [-0.3, -0.25) is 52.7 Å². The molecule has 12 atom stereocenters. The summed E-state index contributed by atoms with van der Waals surface area (Å²) in [6, 6.07) is -4.54. The van der Waals surface area contributed by atoms with E-state index in [-0.39, 0.29) is 94.7 Å². The SMILES string of the molecule is CCO[C@@H]1C[C@H]2C(=O)NC3(CCCC3)C(=O)N(C)[C@@H]([C@@H](C)CC)C(=O)N(C)[C@H](C)CC(=O)N(C)[C@@H](CC(C)C)C(=O)N[C@@H]([C@@H](C)CC)C(=O)N[C@@H](C)C(=O)N3CC[C@H]3C(=O)N(CC)[C@@H](Cc3ccc(C(F)(F)F)cc3)C(=O)N(C)CC(=O)N[C@@H](CCc3ccc(C(F)(F)F)c(Cl)c3)C(=O)N2C1. The minimum Gasteiger partial charge on any atom is -0.377 e. The molecule has 0 radical (unpaired) electrons. The van der Waals surface area contributed by atoms with Crippen LogP contribution in [0.5, 0.6) is 0 Å². The van der Waals surface area contributed by atoms with Crippen molar-refractivity contribution < 1.29 is 83.8 Å². The predicted octanol–water partition coefficient (Wildman–Crippen LogP) is 6.78. The van der Waals surface area contributed by atoms with Crippen molar-refractivity contribution in [3.63, 3.8) is 0 Å². The number of nitrogens with zero attached hydrogens (tertiary/aromatic N) is 7. The van der Waals surface area contributed by atoms with E-state index in [4.69, 9.17) is 16.3 Å². The van der Waals surface area contributed by atoms with Crippen LogP contribution in [-0.2, 0) is 82.7 Å². The zero-order valence-corrected chi connectivity index (χ0v) is 61.2. The number of likely N-dealkylation sites (N-methyl/N-ethyl adjacent to an activating group) is 5. The summed E-state index contributed by atoms with van der Waals surface area (Å²) in [6.07, 6.45) is -9.40. The van der Waals surface area contributed by atoms with E-state index < -0.39 is 184 Å². The number of fused-ring (bicyclic) bond motifs is 2. The lowest BCUT2D eigenvalue weighted by Crippen LogP contribution is -2.65. The number of benzene rings is 2. The van der Waals surface area contributed by atoms with Crippen molar-refractivity contribution >= 4 is 76.6 Å². The number of amides is 11. The molecule has 30 heteroatoms. The van der Waals surface area contributed by atoms with Crippen molar-refractivity contribution in [2.75, 3.05) is 61.0 Å². The molecule has 3 saturated heterocycles. The van der Waals surface area contributed by atoms with Crippen LogP contribution < -0.4 is 21.3 Å². The molecule has 4 fully saturated rings. The summed E-state index contributed by atoms with van der Waals surface area (Å²) in [7, 11) is 5.64. The Bertz CT molecular complexity index is 3320. The second kappa shape index (κ2) is 35.1. The molecular weight excluding hydrogens is 1350 g/mol. The fourth-order valence-electron chi connectivity index (χ4n) is 13.9. The van der Waals surface area contributed by atoms with Crippen LogP contribution in [0, 0.1) is 17.8 Å². The number of alkyl halides is 6. The van der Waals surface area contributed by atoms with Crippen molar-refractivity contribution in [3.05, 3.63) is 69.7 Å². The molecule has 562 valence electrons. The Morgan fingerprint density at radius 2 is 1.29 bits per heavy atom. The quantitative estimate of drug-likeness (QED) is 0.143. The van der Waals surface area contributed by atoms with E-state index in [1.807, 2.05) is 20.8 Å². The van der Waals surface area contributed by atoms with Gasteiger partial charge in [0.1, 0.15) is 53.9 Å². The third-order valence-electron chi connectivity index (χ3n) is 20.5. The molecule has 1 spiro atoms. The number of rotatable bonds is 14. The van der Waals surface area contributed by atoms with Crippen LogP contribution in [0.15, 0.2) is 42.5 Å². The second-order valence-electron chi connectivity index (χ2n) is 28.1. The number of hydrogen-bond donors (Lipinski definition) is 4. The Kier molecular flexibility index (Phi) is 28.6. The van der Waals surface area contributed by atoms with Crippen LogP contribution in [0.3, 0.4) is 0 Å². The van der Waals surface area contributed by atoms with Gasteiger partial charge in [-0.25, -0.2) is 0 Å². The van der Waals surface area contributed by atoms with Gasteiger partial charge in [0.15, 0.2) is 0 Å². The highest BCUT2D eigenvalue weighted by Gasteiger charge is 2.52. The molecule has 0 unspecified atom stereocenters. The minimum atomic E-state index is -4.82. The lowest BCUT2D eigenvalue weighted by molar-refractivity contribution is -0.158. The molecule has 4 aliphatic rings. The van der Waals surface area contributed by atoms with Gasteiger partial charge in [-0.05, 0) is 119 Å². The first-order valence-corrected chi connectivity index (χ1v) is 35.4. The number of ether oxygens (including phenoxy) is 1. The van der Waals surface area contributed by atoms with Gasteiger partial charge in [-0.1, -0.05) is 97.0 Å². The van der Waals surface area contributed by atoms with E-state index in [9.17, 15) is 55.1 Å². The monoisotopic (exact) mass is 1450 g/mol. The third kappa shape index (κ3) is 20.0. The van der Waals surface area contributed by atoms with E-state index in [0.29, 0.717) is 25.7 Å². The fourth-order valence-corrected chi connectivity index (χ4v) is 14.2. The molecule has 1 aliphatic carbocycles. The maximum absolute atomic E-state index is 15.4. The summed E-state index contributed by atoms with van der Waals surface area (Å²) < 4.78 is 89.4. The lowest BCUT2D eigenvalue weighted by atomic mass is 9.90. The van der Waals surface area contributed by atoms with Gasteiger partial charge in [0.2, 0.25) is 65.0 Å². The summed E-state index contributed by atoms with van der Waals surface area (Å²) in [5, 5.41) is 10.6. The van der Waals surface area contributed by atoms with Crippen molar-refractivity contribution in [1.29, 1.82) is 0 Å². The third-order valence-corrected chi connectivity index (χ3v) is 20.9. The van der Waals surface area contributed by atoms with Crippen LogP contribution in [0.1, 0.15) is 162 Å². The molecule has 0 bridgehead atoms. The van der Waals surface area contributed by atoms with Gasteiger partial charge >= 0.3 is 12.4 Å². The first-order valence-electron chi connectivity index (χ1n) is 35.1. The number of hydrogen-bond acceptors (Lipinski definition) is 12.